The first kappa shape index (κ1) is 54.5. The second-order valence-corrected chi connectivity index (χ2v) is 17.8. The molecule has 4 atom stereocenters. The lowest BCUT2D eigenvalue weighted by molar-refractivity contribution is -0.127. The first-order chi connectivity index (χ1) is 33.3. The largest absolute Gasteiger partial charge is 0.494 e. The van der Waals surface area contributed by atoms with Crippen molar-refractivity contribution in [1.29, 1.82) is 0 Å². The summed E-state index contributed by atoms with van der Waals surface area (Å²) in [4.78, 5) is 79.0. The Morgan fingerprint density at radius 1 is 0.557 bits per heavy atom. The molecule has 0 aliphatic carbocycles. The Hall–Kier alpha value is -6.43. The van der Waals surface area contributed by atoms with Crippen LogP contribution in [0.15, 0.2) is 111 Å². The summed E-state index contributed by atoms with van der Waals surface area (Å²) in [7, 11) is 0. The smallest absolute Gasteiger partial charge is 0.258 e. The zero-order valence-electron chi connectivity index (χ0n) is 38.5. The topological polar surface area (TPSA) is 218 Å². The summed E-state index contributed by atoms with van der Waals surface area (Å²) in [5.41, 5.74) is 3.23. The second-order valence-electron chi connectivity index (χ2n) is 15.3. The Balaban J connectivity index is 1.26. The quantitative estimate of drug-likeness (QED) is 0.0314. The molecule has 21 heteroatoms. The van der Waals surface area contributed by atoms with Gasteiger partial charge in [-0.05, 0) is 149 Å². The zero-order valence-corrected chi connectivity index (χ0v) is 42.3. The fraction of sp³-hybridized carbons (Fsp3) is 0.265. The number of benzene rings is 5. The summed E-state index contributed by atoms with van der Waals surface area (Å²) in [5.74, 6) is -3.07. The van der Waals surface area contributed by atoms with E-state index in [4.69, 9.17) is 67.5 Å². The number of carbonyl (C=O) groups is 6. The molecule has 4 amide bonds. The maximum Gasteiger partial charge on any atom is 0.258 e. The van der Waals surface area contributed by atoms with Crippen LogP contribution in [-0.2, 0) is 25.1 Å². The normalized spacial score (nSPS) is 13.0. The van der Waals surface area contributed by atoms with Gasteiger partial charge in [-0.2, -0.15) is 20.5 Å². The number of carbonyl (C=O) groups excluding carboxylic acids is 6. The van der Waals surface area contributed by atoms with Crippen LogP contribution in [0.3, 0.4) is 0 Å². The van der Waals surface area contributed by atoms with Gasteiger partial charge in [0, 0.05) is 49.8 Å². The maximum atomic E-state index is 13.5. The van der Waals surface area contributed by atoms with Gasteiger partial charge < -0.3 is 30.7 Å². The van der Waals surface area contributed by atoms with Gasteiger partial charge in [0.15, 0.2) is 11.6 Å². The molecule has 0 aliphatic rings. The lowest BCUT2D eigenvalue weighted by Crippen LogP contribution is -2.32. The van der Waals surface area contributed by atoms with Gasteiger partial charge in [0.05, 0.1) is 35.3 Å². The number of hydrogen-bond donors (Lipinski definition) is 4. The summed E-state index contributed by atoms with van der Waals surface area (Å²) in [5, 5.41) is 26.3. The number of ketones is 2. The second kappa shape index (κ2) is 25.4. The third kappa shape index (κ3) is 15.0. The summed E-state index contributed by atoms with van der Waals surface area (Å²) in [6.07, 6.45) is 0. The van der Waals surface area contributed by atoms with Gasteiger partial charge in [0.2, 0.25) is 12.1 Å². The fourth-order valence-corrected chi connectivity index (χ4v) is 7.64. The molecular formula is C49H47Cl5N8O8. The first-order valence-electron chi connectivity index (χ1n) is 21.5. The van der Waals surface area contributed by atoms with E-state index in [1.54, 1.807) is 50.2 Å². The van der Waals surface area contributed by atoms with Crippen LogP contribution in [0, 0.1) is 0 Å². The number of rotatable bonds is 21. The molecule has 0 spiro atoms. The molecule has 5 aromatic carbocycles. The number of halogens is 5. The Morgan fingerprint density at radius 3 is 1.39 bits per heavy atom. The Bertz CT molecular complexity index is 2860. The van der Waals surface area contributed by atoms with Gasteiger partial charge in [-0.3, -0.25) is 28.8 Å². The number of Topliss-reactive ketones (excluding diaryl/α,β-unsaturated/α-hetero) is 2. The minimum atomic E-state index is -1.63. The number of anilines is 4. The Labute approximate surface area is 428 Å². The number of hydrogen-bond acceptors (Lipinski definition) is 12. The summed E-state index contributed by atoms with van der Waals surface area (Å²) < 4.78 is 11.1. The van der Waals surface area contributed by atoms with Gasteiger partial charge in [0.1, 0.15) is 11.5 Å². The standard InChI is InChI=1S/C49H47Cl5N8O8/c1-7-69-37-10-13-42(39(22-37)25(3)51)57-46(65)29-15-32(53)20-35(17-29)59-61-44(27(5)63)48(67)55-34-9-12-41(31(19-34)24-50)56-49(68)45(28(6)64)62-60-36-18-30(16-33(54)21-36)47(66)58-43-14-11-38(70-8-2)23-40(43)26(4)52/h9-23,25-26,44-45H,7-8,24H2,1-6H3,(H,55,67)(H,56,68)(H,57,65)(H,58,66). The third-order valence-electron chi connectivity index (χ3n) is 9.93. The van der Waals surface area contributed by atoms with Crippen molar-refractivity contribution in [2.45, 2.75) is 70.3 Å². The average molecular weight is 1050 g/mol. The molecular weight excluding hydrogens is 1010 g/mol. The first-order valence-corrected chi connectivity index (χ1v) is 23.7. The van der Waals surface area contributed by atoms with Crippen LogP contribution in [0.25, 0.3) is 0 Å². The lowest BCUT2D eigenvalue weighted by Gasteiger charge is -2.15. The molecule has 4 unspecified atom stereocenters. The van der Waals surface area contributed by atoms with Crippen molar-refractivity contribution < 1.29 is 38.2 Å². The molecule has 0 heterocycles. The van der Waals surface area contributed by atoms with E-state index in [0.29, 0.717) is 52.8 Å². The van der Waals surface area contributed by atoms with Crippen LogP contribution in [0.2, 0.25) is 10.0 Å². The van der Waals surface area contributed by atoms with E-state index in [1.165, 1.54) is 54.6 Å². The van der Waals surface area contributed by atoms with E-state index < -0.39 is 58.0 Å². The number of amides is 4. The highest BCUT2D eigenvalue weighted by molar-refractivity contribution is 6.32. The third-order valence-corrected chi connectivity index (χ3v) is 11.1. The SMILES string of the molecule is CCOc1ccc(NC(=O)c2cc(Cl)cc(N=NC(C(C)=O)C(=O)Nc3ccc(NC(=O)C(N=Nc4cc(Cl)cc(C(=O)Nc5ccc(OCC)cc5C(C)Cl)c4)C(C)=O)c(CCl)c3)c2)c(C(C)Cl)c1. The molecule has 0 aromatic heterocycles. The van der Waals surface area contributed by atoms with Crippen molar-refractivity contribution in [3.8, 4) is 11.5 Å². The Morgan fingerprint density at radius 2 is 0.986 bits per heavy atom. The van der Waals surface area contributed by atoms with Crippen molar-refractivity contribution in [2.75, 3.05) is 34.5 Å². The van der Waals surface area contributed by atoms with E-state index in [0.717, 1.165) is 13.8 Å². The average Bonchev–Trinajstić information content (AvgIpc) is 3.30. The molecule has 16 nitrogen and oxygen atoms in total. The van der Waals surface area contributed by atoms with E-state index in [1.807, 2.05) is 13.8 Å². The van der Waals surface area contributed by atoms with Crippen molar-refractivity contribution in [3.63, 3.8) is 0 Å². The lowest BCUT2D eigenvalue weighted by atomic mass is 10.1. The highest BCUT2D eigenvalue weighted by Gasteiger charge is 2.26. The van der Waals surface area contributed by atoms with Gasteiger partial charge in [-0.1, -0.05) is 23.2 Å². The number of nitrogens with one attached hydrogen (secondary N) is 4. The highest BCUT2D eigenvalue weighted by Crippen LogP contribution is 2.34. The molecule has 366 valence electrons. The van der Waals surface area contributed by atoms with E-state index >= 15 is 0 Å². The van der Waals surface area contributed by atoms with Gasteiger partial charge in [-0.15, -0.1) is 34.8 Å². The van der Waals surface area contributed by atoms with E-state index in [2.05, 4.69) is 41.7 Å². The predicted octanol–water partition coefficient (Wildman–Crippen LogP) is 13.0. The zero-order chi connectivity index (χ0) is 51.2. The minimum Gasteiger partial charge on any atom is -0.494 e. The van der Waals surface area contributed by atoms with E-state index in [9.17, 15) is 28.8 Å². The van der Waals surface area contributed by atoms with E-state index in [-0.39, 0.29) is 49.8 Å². The van der Waals surface area contributed by atoms with Gasteiger partial charge >= 0.3 is 0 Å². The monoisotopic (exact) mass is 1050 g/mol. The molecule has 0 saturated carbocycles. The van der Waals surface area contributed by atoms with Crippen LogP contribution < -0.4 is 30.7 Å². The number of azo groups is 2. The summed E-state index contributed by atoms with van der Waals surface area (Å²) >= 11 is 31.7. The molecule has 0 radical (unpaired) electrons. The molecule has 0 fully saturated rings. The number of ether oxygens (including phenoxy) is 2. The van der Waals surface area contributed by atoms with Crippen LogP contribution in [0.4, 0.5) is 34.1 Å². The molecule has 5 rings (SSSR count). The van der Waals surface area contributed by atoms with Gasteiger partial charge in [-0.25, -0.2) is 0 Å². The van der Waals surface area contributed by atoms with Crippen molar-refractivity contribution in [3.05, 3.63) is 129 Å². The van der Waals surface area contributed by atoms with Crippen molar-refractivity contribution in [2.24, 2.45) is 20.5 Å². The van der Waals surface area contributed by atoms with Crippen LogP contribution in [0.1, 0.15) is 89.7 Å². The van der Waals surface area contributed by atoms with Crippen LogP contribution >= 0.6 is 58.0 Å². The Kier molecular flexibility index (Phi) is 19.8. The number of nitrogens with zero attached hydrogens (tertiary/aromatic N) is 4. The highest BCUT2D eigenvalue weighted by atomic mass is 35.5. The summed E-state index contributed by atoms with van der Waals surface area (Å²) in [6, 6.07) is 19.7. The molecule has 0 saturated heterocycles. The number of alkyl halides is 3. The van der Waals surface area contributed by atoms with Gasteiger partial charge in [0.25, 0.3) is 23.6 Å². The molecule has 0 aliphatic heterocycles. The van der Waals surface area contributed by atoms with Crippen molar-refractivity contribution >= 4 is 127 Å². The minimum absolute atomic E-state index is 0.0799. The molecule has 0 bridgehead atoms. The van der Waals surface area contributed by atoms with Crippen LogP contribution in [0.5, 0.6) is 11.5 Å². The molecule has 70 heavy (non-hydrogen) atoms. The summed E-state index contributed by atoms with van der Waals surface area (Å²) in [6.45, 7) is 10.4. The predicted molar refractivity (Wildman–Crippen MR) is 274 cm³/mol. The molecule has 4 N–H and O–H groups in total. The maximum absolute atomic E-state index is 13.5. The van der Waals surface area contributed by atoms with Crippen LogP contribution in [-0.4, -0.2) is 60.5 Å². The fourth-order valence-electron chi connectivity index (χ4n) is 6.60. The molecule has 5 aromatic rings. The van der Waals surface area contributed by atoms with Crippen molar-refractivity contribution in [1.82, 2.24) is 0 Å².